The van der Waals surface area contributed by atoms with E-state index in [-0.39, 0.29) is 11.9 Å². The fourth-order valence-corrected chi connectivity index (χ4v) is 4.24. The summed E-state index contributed by atoms with van der Waals surface area (Å²) in [6.07, 6.45) is 4.06. The lowest BCUT2D eigenvalue weighted by Crippen LogP contribution is -2.47. The molecular formula is C19H29N3O. The first kappa shape index (κ1) is 16.5. The number of hydrogen-bond acceptors (Lipinski definition) is 3. The van der Waals surface area contributed by atoms with E-state index in [9.17, 15) is 4.79 Å². The summed E-state index contributed by atoms with van der Waals surface area (Å²) in [5.41, 5.74) is 7.32. The molecule has 1 aliphatic heterocycles. The number of carbonyl (C=O) groups is 1. The number of rotatable bonds is 6. The van der Waals surface area contributed by atoms with Crippen LogP contribution < -0.4 is 11.1 Å². The van der Waals surface area contributed by atoms with E-state index in [1.165, 1.54) is 12.0 Å². The van der Waals surface area contributed by atoms with Crippen LogP contribution in [0.2, 0.25) is 0 Å². The van der Waals surface area contributed by atoms with Crippen LogP contribution in [0, 0.1) is 11.8 Å². The Labute approximate surface area is 139 Å². The molecule has 1 saturated carbocycles. The minimum absolute atomic E-state index is 0.0407. The molecule has 1 saturated heterocycles. The van der Waals surface area contributed by atoms with Gasteiger partial charge in [0, 0.05) is 25.7 Å². The summed E-state index contributed by atoms with van der Waals surface area (Å²) < 4.78 is 0. The van der Waals surface area contributed by atoms with Crippen LogP contribution in [0.4, 0.5) is 0 Å². The average Bonchev–Trinajstić information content (AvgIpc) is 3.10. The van der Waals surface area contributed by atoms with Crippen molar-refractivity contribution in [1.29, 1.82) is 0 Å². The van der Waals surface area contributed by atoms with E-state index in [0.29, 0.717) is 12.0 Å². The zero-order valence-corrected chi connectivity index (χ0v) is 14.1. The van der Waals surface area contributed by atoms with E-state index < -0.39 is 0 Å². The quantitative estimate of drug-likeness (QED) is 0.845. The molecule has 4 atom stereocenters. The van der Waals surface area contributed by atoms with Gasteiger partial charge in [-0.25, -0.2) is 0 Å². The number of benzene rings is 1. The maximum Gasteiger partial charge on any atom is 0.237 e. The number of amides is 1. The van der Waals surface area contributed by atoms with Gasteiger partial charge in [0.2, 0.25) is 5.91 Å². The fraction of sp³-hybridized carbons (Fsp3) is 0.632. The number of carbonyl (C=O) groups excluding carboxylic acids is 1. The second kappa shape index (κ2) is 7.45. The van der Waals surface area contributed by atoms with Crippen molar-refractivity contribution < 1.29 is 4.79 Å². The Bertz CT molecular complexity index is 519. The molecule has 0 aromatic heterocycles. The fourth-order valence-electron chi connectivity index (χ4n) is 4.24. The van der Waals surface area contributed by atoms with Crippen LogP contribution in [0.1, 0.15) is 38.2 Å². The molecule has 1 aromatic carbocycles. The number of nitrogens with one attached hydrogen (secondary N) is 1. The Morgan fingerprint density at radius 1 is 1.30 bits per heavy atom. The van der Waals surface area contributed by atoms with Crippen molar-refractivity contribution in [1.82, 2.24) is 10.2 Å². The van der Waals surface area contributed by atoms with E-state index in [1.54, 1.807) is 0 Å². The molecular weight excluding hydrogens is 286 g/mol. The molecule has 2 aliphatic rings. The minimum Gasteiger partial charge on any atom is -0.352 e. The standard InChI is InChI=1S/C19H29N3O/c1-2-6-17(20)19(23)21-18-10-9-15-12-22(13-16(15)18)11-14-7-4-3-5-8-14/h3-5,7-8,15-18H,2,6,9-13,20H2,1H3,(H,21,23)/t15-,16+,17+,18+/m1/s1. The van der Waals surface area contributed by atoms with Gasteiger partial charge in [-0.05, 0) is 36.7 Å². The zero-order valence-electron chi connectivity index (χ0n) is 14.1. The molecule has 23 heavy (non-hydrogen) atoms. The van der Waals surface area contributed by atoms with Crippen LogP contribution >= 0.6 is 0 Å². The largest absolute Gasteiger partial charge is 0.352 e. The first-order chi connectivity index (χ1) is 11.2. The van der Waals surface area contributed by atoms with Crippen LogP contribution in [-0.4, -0.2) is 36.0 Å². The lowest BCUT2D eigenvalue weighted by molar-refractivity contribution is -0.123. The Morgan fingerprint density at radius 3 is 2.83 bits per heavy atom. The Balaban J connectivity index is 1.53. The first-order valence-electron chi connectivity index (χ1n) is 8.99. The summed E-state index contributed by atoms with van der Waals surface area (Å²) >= 11 is 0. The minimum atomic E-state index is -0.346. The van der Waals surface area contributed by atoms with Crippen LogP contribution in [0.5, 0.6) is 0 Å². The molecule has 1 aliphatic carbocycles. The topological polar surface area (TPSA) is 58.4 Å². The summed E-state index contributed by atoms with van der Waals surface area (Å²) in [5.74, 6) is 1.36. The number of hydrogen-bond donors (Lipinski definition) is 2. The van der Waals surface area contributed by atoms with Crippen LogP contribution in [0.25, 0.3) is 0 Å². The molecule has 4 nitrogen and oxygen atoms in total. The normalized spacial score (nSPS) is 28.5. The number of nitrogens with zero attached hydrogens (tertiary/aromatic N) is 1. The highest BCUT2D eigenvalue weighted by Crippen LogP contribution is 2.38. The molecule has 2 fully saturated rings. The molecule has 3 rings (SSSR count). The van der Waals surface area contributed by atoms with Gasteiger partial charge in [0.15, 0.2) is 0 Å². The van der Waals surface area contributed by atoms with Gasteiger partial charge in [0.05, 0.1) is 6.04 Å². The highest BCUT2D eigenvalue weighted by molar-refractivity contribution is 5.81. The van der Waals surface area contributed by atoms with E-state index >= 15 is 0 Å². The molecule has 0 unspecified atom stereocenters. The van der Waals surface area contributed by atoms with Crippen molar-refractivity contribution in [2.75, 3.05) is 13.1 Å². The smallest absolute Gasteiger partial charge is 0.237 e. The number of nitrogens with two attached hydrogens (primary N) is 1. The molecule has 0 spiro atoms. The number of fused-ring (bicyclic) bond motifs is 1. The van der Waals surface area contributed by atoms with Gasteiger partial charge in [-0.15, -0.1) is 0 Å². The van der Waals surface area contributed by atoms with E-state index in [0.717, 1.165) is 44.8 Å². The van der Waals surface area contributed by atoms with E-state index in [1.807, 2.05) is 0 Å². The molecule has 0 radical (unpaired) electrons. The summed E-state index contributed by atoms with van der Waals surface area (Å²) in [6.45, 7) is 5.33. The van der Waals surface area contributed by atoms with Crippen molar-refractivity contribution in [3.05, 3.63) is 35.9 Å². The molecule has 3 N–H and O–H groups in total. The molecule has 1 aromatic rings. The molecule has 1 heterocycles. The maximum atomic E-state index is 12.2. The van der Waals surface area contributed by atoms with Crippen LogP contribution in [-0.2, 0) is 11.3 Å². The maximum absolute atomic E-state index is 12.2. The third-order valence-electron chi connectivity index (χ3n) is 5.45. The second-order valence-corrected chi connectivity index (χ2v) is 7.19. The molecule has 4 heteroatoms. The van der Waals surface area contributed by atoms with E-state index in [4.69, 9.17) is 5.73 Å². The van der Waals surface area contributed by atoms with Crippen molar-refractivity contribution >= 4 is 5.91 Å². The van der Waals surface area contributed by atoms with Crippen molar-refractivity contribution in [3.8, 4) is 0 Å². The summed E-state index contributed by atoms with van der Waals surface area (Å²) in [6, 6.07) is 10.6. The van der Waals surface area contributed by atoms with Gasteiger partial charge < -0.3 is 11.1 Å². The van der Waals surface area contributed by atoms with Crippen molar-refractivity contribution in [2.45, 2.75) is 51.2 Å². The summed E-state index contributed by atoms with van der Waals surface area (Å²) in [4.78, 5) is 14.7. The predicted molar refractivity (Wildman–Crippen MR) is 92.7 cm³/mol. The SMILES string of the molecule is CCC[C@H](N)C(=O)N[C@H]1CC[C@@H]2CN(Cc3ccccc3)C[C@@H]21. The molecule has 0 bridgehead atoms. The van der Waals surface area contributed by atoms with Gasteiger partial charge in [-0.1, -0.05) is 43.7 Å². The Morgan fingerprint density at radius 2 is 2.09 bits per heavy atom. The number of likely N-dealkylation sites (tertiary alicyclic amines) is 1. The monoisotopic (exact) mass is 315 g/mol. The van der Waals surface area contributed by atoms with Gasteiger partial charge in [0.25, 0.3) is 0 Å². The summed E-state index contributed by atoms with van der Waals surface area (Å²) in [5, 5.41) is 3.23. The van der Waals surface area contributed by atoms with Crippen molar-refractivity contribution in [3.63, 3.8) is 0 Å². The third-order valence-corrected chi connectivity index (χ3v) is 5.45. The highest BCUT2D eigenvalue weighted by atomic mass is 16.2. The first-order valence-corrected chi connectivity index (χ1v) is 8.99. The molecule has 126 valence electrons. The lowest BCUT2D eigenvalue weighted by Gasteiger charge is -2.23. The van der Waals surface area contributed by atoms with Crippen LogP contribution in [0.15, 0.2) is 30.3 Å². The zero-order chi connectivity index (χ0) is 16.2. The van der Waals surface area contributed by atoms with Gasteiger partial charge >= 0.3 is 0 Å². The second-order valence-electron chi connectivity index (χ2n) is 7.19. The highest BCUT2D eigenvalue weighted by Gasteiger charge is 2.43. The Kier molecular flexibility index (Phi) is 5.34. The molecule has 1 amide bonds. The van der Waals surface area contributed by atoms with Gasteiger partial charge in [0.1, 0.15) is 0 Å². The Hall–Kier alpha value is -1.39. The lowest BCUT2D eigenvalue weighted by atomic mass is 9.97. The van der Waals surface area contributed by atoms with Gasteiger partial charge in [-0.2, -0.15) is 0 Å². The van der Waals surface area contributed by atoms with E-state index in [2.05, 4.69) is 47.5 Å². The van der Waals surface area contributed by atoms with Crippen molar-refractivity contribution in [2.24, 2.45) is 17.6 Å². The average molecular weight is 315 g/mol. The third kappa shape index (κ3) is 3.93. The van der Waals surface area contributed by atoms with Gasteiger partial charge in [-0.3, -0.25) is 9.69 Å². The van der Waals surface area contributed by atoms with Crippen LogP contribution in [0.3, 0.4) is 0 Å². The predicted octanol–water partition coefficient (Wildman–Crippen LogP) is 2.14. The summed E-state index contributed by atoms with van der Waals surface area (Å²) in [7, 11) is 0.